The van der Waals surface area contributed by atoms with Crippen molar-refractivity contribution in [1.29, 1.82) is 0 Å². The second kappa shape index (κ2) is 4.94. The fourth-order valence-electron chi connectivity index (χ4n) is 1.90. The number of rotatable bonds is 5. The van der Waals surface area contributed by atoms with Crippen molar-refractivity contribution in [3.8, 4) is 0 Å². The number of hydrogen-bond acceptors (Lipinski definition) is 4. The molecule has 1 amide bonds. The Bertz CT molecular complexity index is 574. The zero-order valence-corrected chi connectivity index (χ0v) is 11.7. The molecule has 1 saturated carbocycles. The SMILES string of the molecule is CS(=O)(=O)c1ccc(CNC(=O)C2(CN)CC2)cc1. The first-order chi connectivity index (χ1) is 8.87. The second-order valence-corrected chi connectivity index (χ2v) is 7.10. The third-order valence-electron chi connectivity index (χ3n) is 3.53. The number of sulfone groups is 1. The first-order valence-electron chi connectivity index (χ1n) is 6.15. The molecule has 0 atom stereocenters. The molecule has 1 aromatic rings. The normalized spacial score (nSPS) is 16.9. The molecule has 0 spiro atoms. The smallest absolute Gasteiger partial charge is 0.227 e. The molecule has 2 rings (SSSR count). The second-order valence-electron chi connectivity index (χ2n) is 5.08. The van der Waals surface area contributed by atoms with E-state index in [1.54, 1.807) is 24.3 Å². The van der Waals surface area contributed by atoms with E-state index in [9.17, 15) is 13.2 Å². The van der Waals surface area contributed by atoms with Gasteiger partial charge in [0.15, 0.2) is 9.84 Å². The number of nitrogens with one attached hydrogen (secondary N) is 1. The van der Waals surface area contributed by atoms with Crippen molar-refractivity contribution in [1.82, 2.24) is 5.32 Å². The molecule has 0 radical (unpaired) electrons. The van der Waals surface area contributed by atoms with Gasteiger partial charge in [-0.1, -0.05) is 12.1 Å². The van der Waals surface area contributed by atoms with E-state index in [1.807, 2.05) is 0 Å². The zero-order valence-electron chi connectivity index (χ0n) is 10.8. The largest absolute Gasteiger partial charge is 0.352 e. The summed E-state index contributed by atoms with van der Waals surface area (Å²) in [6.07, 6.45) is 2.87. The molecule has 0 bridgehead atoms. The van der Waals surface area contributed by atoms with Crippen LogP contribution in [0.15, 0.2) is 29.2 Å². The van der Waals surface area contributed by atoms with E-state index in [-0.39, 0.29) is 16.2 Å². The molecule has 3 N–H and O–H groups in total. The summed E-state index contributed by atoms with van der Waals surface area (Å²) in [7, 11) is -3.17. The molecule has 0 unspecified atom stereocenters. The Morgan fingerprint density at radius 3 is 2.32 bits per heavy atom. The van der Waals surface area contributed by atoms with Gasteiger partial charge in [-0.05, 0) is 30.5 Å². The van der Waals surface area contributed by atoms with Crippen LogP contribution in [0.4, 0.5) is 0 Å². The fraction of sp³-hybridized carbons (Fsp3) is 0.462. The maximum absolute atomic E-state index is 11.9. The topological polar surface area (TPSA) is 89.3 Å². The molecule has 1 aromatic carbocycles. The minimum absolute atomic E-state index is 0.0119. The van der Waals surface area contributed by atoms with E-state index >= 15 is 0 Å². The average Bonchev–Trinajstić information content (AvgIpc) is 3.16. The molecule has 0 saturated heterocycles. The van der Waals surface area contributed by atoms with Crippen LogP contribution in [0.2, 0.25) is 0 Å². The predicted molar refractivity (Wildman–Crippen MR) is 72.1 cm³/mol. The Morgan fingerprint density at radius 2 is 1.89 bits per heavy atom. The molecular formula is C13H18N2O3S. The quantitative estimate of drug-likeness (QED) is 0.820. The van der Waals surface area contributed by atoms with Crippen LogP contribution in [0.1, 0.15) is 18.4 Å². The maximum atomic E-state index is 11.9. The molecule has 104 valence electrons. The lowest BCUT2D eigenvalue weighted by Crippen LogP contribution is -2.36. The van der Waals surface area contributed by atoms with Gasteiger partial charge >= 0.3 is 0 Å². The Balaban J connectivity index is 1.96. The van der Waals surface area contributed by atoms with Gasteiger partial charge in [0.1, 0.15) is 0 Å². The number of carbonyl (C=O) groups excluding carboxylic acids is 1. The minimum atomic E-state index is -3.17. The summed E-state index contributed by atoms with van der Waals surface area (Å²) < 4.78 is 22.6. The Labute approximate surface area is 113 Å². The lowest BCUT2D eigenvalue weighted by atomic mass is 10.1. The summed E-state index contributed by atoms with van der Waals surface area (Å²) in [5, 5.41) is 2.84. The highest BCUT2D eigenvalue weighted by Crippen LogP contribution is 2.44. The van der Waals surface area contributed by atoms with Gasteiger partial charge in [0, 0.05) is 19.3 Å². The van der Waals surface area contributed by atoms with Crippen molar-refractivity contribution in [2.45, 2.75) is 24.3 Å². The summed E-state index contributed by atoms with van der Waals surface area (Å²) >= 11 is 0. The van der Waals surface area contributed by atoms with Crippen molar-refractivity contribution in [3.63, 3.8) is 0 Å². The van der Waals surface area contributed by atoms with Crippen molar-refractivity contribution < 1.29 is 13.2 Å². The van der Waals surface area contributed by atoms with Gasteiger partial charge in [-0.25, -0.2) is 8.42 Å². The summed E-state index contributed by atoms with van der Waals surface area (Å²) in [5.74, 6) is -0.0119. The molecule has 19 heavy (non-hydrogen) atoms. The summed E-state index contributed by atoms with van der Waals surface area (Å²) in [6, 6.07) is 6.51. The van der Waals surface area contributed by atoms with E-state index in [2.05, 4.69) is 5.32 Å². The van der Waals surface area contributed by atoms with Crippen LogP contribution in [0.3, 0.4) is 0 Å². The molecule has 1 fully saturated rings. The van der Waals surface area contributed by atoms with E-state index < -0.39 is 9.84 Å². The molecule has 1 aliphatic rings. The molecule has 0 heterocycles. The molecule has 6 heteroatoms. The first-order valence-corrected chi connectivity index (χ1v) is 8.04. The van der Waals surface area contributed by atoms with Gasteiger partial charge in [0.2, 0.25) is 5.91 Å². The number of benzene rings is 1. The van der Waals surface area contributed by atoms with Gasteiger partial charge in [-0.3, -0.25) is 4.79 Å². The van der Waals surface area contributed by atoms with Crippen LogP contribution < -0.4 is 11.1 Å². The first kappa shape index (κ1) is 14.0. The number of nitrogens with two attached hydrogens (primary N) is 1. The van der Waals surface area contributed by atoms with Crippen LogP contribution in [0, 0.1) is 5.41 Å². The lowest BCUT2D eigenvalue weighted by Gasteiger charge is -2.12. The standard InChI is InChI=1S/C13H18N2O3S/c1-19(17,18)11-4-2-10(3-5-11)8-15-12(16)13(9-14)6-7-13/h2-5H,6-9,14H2,1H3,(H,15,16). The van der Waals surface area contributed by atoms with E-state index in [4.69, 9.17) is 5.73 Å². The summed E-state index contributed by atoms with van der Waals surface area (Å²) in [4.78, 5) is 12.2. The van der Waals surface area contributed by atoms with Crippen molar-refractivity contribution in [2.75, 3.05) is 12.8 Å². The number of amides is 1. The highest BCUT2D eigenvalue weighted by Gasteiger charge is 2.48. The van der Waals surface area contributed by atoms with Gasteiger partial charge in [0.25, 0.3) is 0 Å². The van der Waals surface area contributed by atoms with Crippen molar-refractivity contribution >= 4 is 15.7 Å². The Morgan fingerprint density at radius 1 is 1.32 bits per heavy atom. The maximum Gasteiger partial charge on any atom is 0.227 e. The van der Waals surface area contributed by atoms with E-state index in [0.29, 0.717) is 13.1 Å². The van der Waals surface area contributed by atoms with Crippen molar-refractivity contribution in [3.05, 3.63) is 29.8 Å². The van der Waals surface area contributed by atoms with Crippen LogP contribution >= 0.6 is 0 Å². The lowest BCUT2D eigenvalue weighted by molar-refractivity contribution is -0.126. The zero-order chi connectivity index (χ0) is 14.1. The average molecular weight is 282 g/mol. The summed E-state index contributed by atoms with van der Waals surface area (Å²) in [5.41, 5.74) is 6.09. The molecule has 0 aliphatic heterocycles. The third kappa shape index (κ3) is 3.13. The van der Waals surface area contributed by atoms with Gasteiger partial charge in [-0.2, -0.15) is 0 Å². The van der Waals surface area contributed by atoms with Gasteiger partial charge in [0.05, 0.1) is 10.3 Å². The van der Waals surface area contributed by atoms with Crippen molar-refractivity contribution in [2.24, 2.45) is 11.1 Å². The van der Waals surface area contributed by atoms with E-state index in [0.717, 1.165) is 18.4 Å². The minimum Gasteiger partial charge on any atom is -0.352 e. The highest BCUT2D eigenvalue weighted by molar-refractivity contribution is 7.90. The number of carbonyl (C=O) groups is 1. The van der Waals surface area contributed by atoms with Gasteiger partial charge < -0.3 is 11.1 Å². The van der Waals surface area contributed by atoms with Crippen LogP contribution in [-0.2, 0) is 21.2 Å². The third-order valence-corrected chi connectivity index (χ3v) is 4.66. The van der Waals surface area contributed by atoms with Crippen LogP contribution in [0.5, 0.6) is 0 Å². The Hall–Kier alpha value is -1.40. The molecule has 5 nitrogen and oxygen atoms in total. The highest BCUT2D eigenvalue weighted by atomic mass is 32.2. The van der Waals surface area contributed by atoms with Crippen LogP contribution in [-0.4, -0.2) is 27.1 Å². The number of hydrogen-bond donors (Lipinski definition) is 2. The summed E-state index contributed by atoms with van der Waals surface area (Å²) in [6.45, 7) is 0.774. The van der Waals surface area contributed by atoms with Crippen LogP contribution in [0.25, 0.3) is 0 Å². The fourth-order valence-corrected chi connectivity index (χ4v) is 2.53. The van der Waals surface area contributed by atoms with Gasteiger partial charge in [-0.15, -0.1) is 0 Å². The monoisotopic (exact) mass is 282 g/mol. The molecule has 0 aromatic heterocycles. The molecular weight excluding hydrogens is 264 g/mol. The predicted octanol–water partition coefficient (Wildman–Crippen LogP) is 0.445. The van der Waals surface area contributed by atoms with E-state index in [1.165, 1.54) is 6.26 Å². The molecule has 1 aliphatic carbocycles. The Kier molecular flexibility index (Phi) is 3.64.